The molecule has 3 heteroatoms. The number of aromatic amines is 1. The number of rotatable bonds is 3. The van der Waals surface area contributed by atoms with E-state index in [9.17, 15) is 5.11 Å². The Balaban J connectivity index is 1.97. The predicted molar refractivity (Wildman–Crippen MR) is 47.9 cm³/mol. The summed E-state index contributed by atoms with van der Waals surface area (Å²) < 4.78 is 0. The maximum atomic E-state index is 10.6. The van der Waals surface area contributed by atoms with Crippen LogP contribution < -0.4 is 0 Å². The molecule has 1 heterocycles. The van der Waals surface area contributed by atoms with Crippen molar-refractivity contribution < 1.29 is 5.11 Å². The Bertz CT molecular complexity index is 287. The average Bonchev–Trinajstić information content (AvgIpc) is 3.01. The van der Waals surface area contributed by atoms with Gasteiger partial charge in [-0.1, -0.05) is 0 Å². The molecule has 0 spiro atoms. The lowest BCUT2D eigenvalue weighted by Gasteiger charge is -2.25. The van der Waals surface area contributed by atoms with Crippen LogP contribution in [0.25, 0.3) is 0 Å². The molecular weight excluding hydrogens is 164 g/mol. The second-order valence-corrected chi connectivity index (χ2v) is 4.31. The second kappa shape index (κ2) is 2.35. The van der Waals surface area contributed by atoms with Crippen LogP contribution in [0, 0.1) is 11.8 Å². The molecule has 3 rings (SSSR count). The first-order valence-electron chi connectivity index (χ1n) is 5.04. The SMILES string of the molecule is OC(c1ncc[nH]1)(C1CC1)C1CC1. The lowest BCUT2D eigenvalue weighted by atomic mass is 9.91. The second-order valence-electron chi connectivity index (χ2n) is 4.31. The van der Waals surface area contributed by atoms with E-state index < -0.39 is 5.60 Å². The Kier molecular flexibility index (Phi) is 1.37. The van der Waals surface area contributed by atoms with Crippen LogP contribution >= 0.6 is 0 Å². The highest BCUT2D eigenvalue weighted by atomic mass is 16.3. The van der Waals surface area contributed by atoms with Crippen molar-refractivity contribution in [3.05, 3.63) is 18.2 Å². The van der Waals surface area contributed by atoms with Gasteiger partial charge in [0.2, 0.25) is 0 Å². The molecule has 0 unspecified atom stereocenters. The molecule has 13 heavy (non-hydrogen) atoms. The molecule has 2 saturated carbocycles. The van der Waals surface area contributed by atoms with Gasteiger partial charge in [0.1, 0.15) is 11.4 Å². The normalized spacial score (nSPS) is 23.5. The fraction of sp³-hybridized carbons (Fsp3) is 0.700. The smallest absolute Gasteiger partial charge is 0.138 e. The highest BCUT2D eigenvalue weighted by Crippen LogP contribution is 2.56. The van der Waals surface area contributed by atoms with Crippen molar-refractivity contribution in [2.24, 2.45) is 11.8 Å². The van der Waals surface area contributed by atoms with Gasteiger partial charge in [-0.25, -0.2) is 4.98 Å². The molecule has 0 amide bonds. The Morgan fingerprint density at radius 3 is 2.31 bits per heavy atom. The van der Waals surface area contributed by atoms with Crippen molar-refractivity contribution in [3.8, 4) is 0 Å². The largest absolute Gasteiger partial charge is 0.381 e. The Morgan fingerprint density at radius 2 is 1.92 bits per heavy atom. The minimum absolute atomic E-state index is 0.464. The van der Waals surface area contributed by atoms with Crippen LogP contribution in [-0.4, -0.2) is 15.1 Å². The Morgan fingerprint density at radius 1 is 1.31 bits per heavy atom. The molecule has 1 aromatic rings. The molecule has 2 aliphatic carbocycles. The van der Waals surface area contributed by atoms with Gasteiger partial charge in [-0.15, -0.1) is 0 Å². The van der Waals surface area contributed by atoms with Gasteiger partial charge in [0.25, 0.3) is 0 Å². The maximum Gasteiger partial charge on any atom is 0.138 e. The van der Waals surface area contributed by atoms with Crippen LogP contribution in [-0.2, 0) is 5.60 Å². The van der Waals surface area contributed by atoms with Gasteiger partial charge in [0, 0.05) is 12.4 Å². The minimum atomic E-state index is -0.622. The monoisotopic (exact) mass is 178 g/mol. The quantitative estimate of drug-likeness (QED) is 0.735. The maximum absolute atomic E-state index is 10.6. The number of aromatic nitrogens is 2. The van der Waals surface area contributed by atoms with Crippen LogP contribution in [0.5, 0.6) is 0 Å². The summed E-state index contributed by atoms with van der Waals surface area (Å²) in [6, 6.07) is 0. The van der Waals surface area contributed by atoms with E-state index in [-0.39, 0.29) is 0 Å². The van der Waals surface area contributed by atoms with E-state index in [1.54, 1.807) is 12.4 Å². The summed E-state index contributed by atoms with van der Waals surface area (Å²) in [5.74, 6) is 1.72. The van der Waals surface area contributed by atoms with Gasteiger partial charge in [-0.05, 0) is 37.5 Å². The molecule has 2 aliphatic rings. The first kappa shape index (κ1) is 7.56. The first-order valence-corrected chi connectivity index (χ1v) is 5.04. The number of imidazole rings is 1. The number of nitrogens with one attached hydrogen (secondary N) is 1. The molecule has 3 nitrogen and oxygen atoms in total. The standard InChI is InChI=1S/C10H14N2O/c13-10(7-1-2-7,8-3-4-8)9-11-5-6-12-9/h5-8,13H,1-4H2,(H,11,12). The van der Waals surface area contributed by atoms with Gasteiger partial charge in [-0.2, -0.15) is 0 Å². The fourth-order valence-electron chi connectivity index (χ4n) is 2.25. The third-order valence-corrected chi connectivity index (χ3v) is 3.28. The summed E-state index contributed by atoms with van der Waals surface area (Å²) in [7, 11) is 0. The van der Waals surface area contributed by atoms with E-state index in [4.69, 9.17) is 0 Å². The summed E-state index contributed by atoms with van der Waals surface area (Å²) >= 11 is 0. The summed E-state index contributed by atoms with van der Waals surface area (Å²) in [5, 5.41) is 10.6. The first-order chi connectivity index (χ1) is 6.32. The number of hydrogen-bond acceptors (Lipinski definition) is 2. The van der Waals surface area contributed by atoms with Crippen LogP contribution in [0.4, 0.5) is 0 Å². The van der Waals surface area contributed by atoms with E-state index in [0.29, 0.717) is 11.8 Å². The minimum Gasteiger partial charge on any atom is -0.381 e. The average molecular weight is 178 g/mol. The lowest BCUT2D eigenvalue weighted by Crippen LogP contribution is -2.32. The number of H-pyrrole nitrogens is 1. The molecular formula is C10H14N2O. The van der Waals surface area contributed by atoms with Crippen LogP contribution in [0.1, 0.15) is 31.5 Å². The third kappa shape index (κ3) is 1.03. The number of hydrogen-bond donors (Lipinski definition) is 2. The third-order valence-electron chi connectivity index (χ3n) is 3.28. The highest BCUT2D eigenvalue weighted by molar-refractivity contribution is 5.14. The predicted octanol–water partition coefficient (Wildman–Crippen LogP) is 1.42. The van der Waals surface area contributed by atoms with Crippen LogP contribution in [0.2, 0.25) is 0 Å². The zero-order chi connectivity index (χ0) is 8.89. The lowest BCUT2D eigenvalue weighted by molar-refractivity contribution is -0.0180. The topological polar surface area (TPSA) is 48.9 Å². The zero-order valence-electron chi connectivity index (χ0n) is 7.53. The van der Waals surface area contributed by atoms with Crippen molar-refractivity contribution in [1.29, 1.82) is 0 Å². The van der Waals surface area contributed by atoms with E-state index in [2.05, 4.69) is 9.97 Å². The molecule has 0 aliphatic heterocycles. The molecule has 0 atom stereocenters. The molecule has 0 bridgehead atoms. The van der Waals surface area contributed by atoms with Crippen molar-refractivity contribution in [1.82, 2.24) is 9.97 Å². The van der Waals surface area contributed by atoms with Crippen molar-refractivity contribution in [2.75, 3.05) is 0 Å². The van der Waals surface area contributed by atoms with Gasteiger partial charge >= 0.3 is 0 Å². The Labute approximate surface area is 77.2 Å². The van der Waals surface area contributed by atoms with E-state index in [1.807, 2.05) is 0 Å². The molecule has 1 aromatic heterocycles. The van der Waals surface area contributed by atoms with E-state index >= 15 is 0 Å². The van der Waals surface area contributed by atoms with Gasteiger partial charge in [-0.3, -0.25) is 0 Å². The van der Waals surface area contributed by atoms with Gasteiger partial charge < -0.3 is 10.1 Å². The summed E-state index contributed by atoms with van der Waals surface area (Å²) in [5.41, 5.74) is -0.622. The molecule has 2 fully saturated rings. The molecule has 0 aromatic carbocycles. The van der Waals surface area contributed by atoms with Crippen molar-refractivity contribution in [3.63, 3.8) is 0 Å². The number of nitrogens with zero attached hydrogens (tertiary/aromatic N) is 1. The van der Waals surface area contributed by atoms with E-state index in [0.717, 1.165) is 31.5 Å². The van der Waals surface area contributed by atoms with Crippen molar-refractivity contribution >= 4 is 0 Å². The fourth-order valence-corrected chi connectivity index (χ4v) is 2.25. The molecule has 70 valence electrons. The zero-order valence-corrected chi connectivity index (χ0v) is 7.53. The van der Waals surface area contributed by atoms with E-state index in [1.165, 1.54) is 0 Å². The number of aliphatic hydroxyl groups is 1. The summed E-state index contributed by atoms with van der Waals surface area (Å²) in [6.07, 6.45) is 8.17. The molecule has 0 radical (unpaired) electrons. The summed E-state index contributed by atoms with van der Waals surface area (Å²) in [6.45, 7) is 0. The molecule has 0 saturated heterocycles. The van der Waals surface area contributed by atoms with Gasteiger partial charge in [0.05, 0.1) is 0 Å². The van der Waals surface area contributed by atoms with Crippen LogP contribution in [0.3, 0.4) is 0 Å². The summed E-state index contributed by atoms with van der Waals surface area (Å²) in [4.78, 5) is 7.26. The van der Waals surface area contributed by atoms with Crippen molar-refractivity contribution in [2.45, 2.75) is 31.3 Å². The van der Waals surface area contributed by atoms with Gasteiger partial charge in [0.15, 0.2) is 0 Å². The molecule has 2 N–H and O–H groups in total. The van der Waals surface area contributed by atoms with Crippen LogP contribution in [0.15, 0.2) is 12.4 Å². The Hall–Kier alpha value is -0.830. The highest BCUT2D eigenvalue weighted by Gasteiger charge is 2.55.